The summed E-state index contributed by atoms with van der Waals surface area (Å²) in [6.07, 6.45) is 6.79. The fourth-order valence-electron chi connectivity index (χ4n) is 1.59. The molecule has 1 aliphatic rings. The molecular formula is C10H12O8S3. The summed E-state index contributed by atoms with van der Waals surface area (Å²) >= 11 is 0. The van der Waals surface area contributed by atoms with Gasteiger partial charge in [0, 0.05) is 0 Å². The molecule has 8 nitrogen and oxygen atoms in total. The van der Waals surface area contributed by atoms with Gasteiger partial charge in [-0.25, -0.2) is 25.2 Å². The molecule has 1 aliphatic heterocycles. The van der Waals surface area contributed by atoms with Crippen molar-refractivity contribution in [3.8, 4) is 24.7 Å². The van der Waals surface area contributed by atoms with Crippen molar-refractivity contribution in [2.45, 2.75) is 12.2 Å². The first-order valence-corrected chi connectivity index (χ1v) is 10.4. The molecule has 2 atom stereocenters. The minimum Gasteiger partial charge on any atom is -0.241 e. The van der Waals surface area contributed by atoms with E-state index in [1.54, 1.807) is 0 Å². The van der Waals surface area contributed by atoms with Crippen LogP contribution in [0.1, 0.15) is 0 Å². The Bertz CT molecular complexity index is 714. The molecule has 0 spiro atoms. The van der Waals surface area contributed by atoms with Crippen molar-refractivity contribution >= 4 is 30.1 Å². The normalized spacial score (nSPS) is 25.0. The summed E-state index contributed by atoms with van der Waals surface area (Å²) in [5.74, 6) is 1.02. The van der Waals surface area contributed by atoms with Crippen LogP contribution in [0, 0.1) is 24.7 Å². The second-order valence-corrected chi connectivity index (χ2v) is 9.61. The molecule has 0 bridgehead atoms. The molecule has 0 amide bonds. The zero-order valence-corrected chi connectivity index (χ0v) is 13.1. The lowest BCUT2D eigenvalue weighted by Gasteiger charge is -2.13. The molecule has 0 aliphatic carbocycles. The number of hydrogen-bond donors (Lipinski definition) is 0. The van der Waals surface area contributed by atoms with E-state index in [9.17, 15) is 25.3 Å². The van der Waals surface area contributed by atoms with Crippen molar-refractivity contribution in [1.82, 2.24) is 0 Å². The molecule has 1 fully saturated rings. The van der Waals surface area contributed by atoms with Gasteiger partial charge in [-0.2, -0.15) is 8.42 Å². The van der Waals surface area contributed by atoms with Gasteiger partial charge in [0.15, 0.2) is 19.7 Å². The summed E-state index contributed by atoms with van der Waals surface area (Å²) in [7, 11) is -12.1. The fourth-order valence-corrected chi connectivity index (χ4v) is 5.11. The lowest BCUT2D eigenvalue weighted by molar-refractivity contribution is 0.191. The lowest BCUT2D eigenvalue weighted by atomic mass is 10.3. The lowest BCUT2D eigenvalue weighted by Crippen LogP contribution is -2.36. The van der Waals surface area contributed by atoms with Crippen LogP contribution < -0.4 is 0 Å². The van der Waals surface area contributed by atoms with Gasteiger partial charge in [-0.05, 0) is 0 Å². The molecule has 0 aromatic heterocycles. The molecule has 0 aromatic rings. The summed E-state index contributed by atoms with van der Waals surface area (Å²) in [5.41, 5.74) is 0. The monoisotopic (exact) mass is 356 g/mol. The third-order valence-electron chi connectivity index (χ3n) is 2.34. The first-order valence-electron chi connectivity index (χ1n) is 5.39. The highest BCUT2D eigenvalue weighted by molar-refractivity contribution is 7.92. The molecule has 1 heterocycles. The Labute approximate surface area is 124 Å². The van der Waals surface area contributed by atoms with Crippen LogP contribution in [-0.2, 0) is 38.4 Å². The fraction of sp³-hybridized carbons (Fsp3) is 0.600. The van der Waals surface area contributed by atoms with Crippen LogP contribution in [0.4, 0.5) is 0 Å². The highest BCUT2D eigenvalue weighted by Gasteiger charge is 2.44. The van der Waals surface area contributed by atoms with Gasteiger partial charge >= 0.3 is 10.4 Å². The maximum absolute atomic E-state index is 11.6. The molecular weight excluding hydrogens is 344 g/mol. The number of sulfone groups is 2. The Balaban J connectivity index is 2.96. The number of hydrogen-bond acceptors (Lipinski definition) is 8. The Morgan fingerprint density at radius 1 is 0.857 bits per heavy atom. The van der Waals surface area contributed by atoms with Crippen molar-refractivity contribution in [3.63, 3.8) is 0 Å². The first kappa shape index (κ1) is 17.9. The van der Waals surface area contributed by atoms with Crippen LogP contribution in [0.5, 0.6) is 0 Å². The predicted octanol–water partition coefficient (Wildman–Crippen LogP) is -1.89. The van der Waals surface area contributed by atoms with Crippen molar-refractivity contribution in [2.24, 2.45) is 0 Å². The van der Waals surface area contributed by atoms with Gasteiger partial charge in [-0.15, -0.1) is 12.8 Å². The molecule has 0 N–H and O–H groups in total. The predicted molar refractivity (Wildman–Crippen MR) is 73.6 cm³/mol. The van der Waals surface area contributed by atoms with Gasteiger partial charge in [0.25, 0.3) is 0 Å². The Morgan fingerprint density at radius 2 is 1.19 bits per heavy atom. The second kappa shape index (κ2) is 6.34. The molecule has 0 radical (unpaired) electrons. The van der Waals surface area contributed by atoms with Crippen LogP contribution in [0.3, 0.4) is 0 Å². The van der Waals surface area contributed by atoms with Gasteiger partial charge in [0.2, 0.25) is 0 Å². The Hall–Kier alpha value is -1.11. The van der Waals surface area contributed by atoms with E-state index in [4.69, 9.17) is 12.8 Å². The molecule has 21 heavy (non-hydrogen) atoms. The third kappa shape index (κ3) is 5.65. The zero-order valence-electron chi connectivity index (χ0n) is 10.6. The number of terminal acetylenes is 2. The van der Waals surface area contributed by atoms with E-state index >= 15 is 0 Å². The SMILES string of the molecule is C#CCS(=O)(=O)CC1OS(=O)(=O)OC1CS(=O)(=O)CC#C. The topological polar surface area (TPSA) is 121 Å². The van der Waals surface area contributed by atoms with Crippen LogP contribution in [-0.4, -0.2) is 60.5 Å². The standard InChI is InChI=1S/C10H12O8S3/c1-3-5-19(11,12)7-9-10(18-21(15,16)17-9)8-20(13,14)6-4-2/h1-2,9-10H,5-8H2. The van der Waals surface area contributed by atoms with Gasteiger partial charge in [0.05, 0.1) is 11.5 Å². The van der Waals surface area contributed by atoms with Crippen LogP contribution >= 0.6 is 0 Å². The van der Waals surface area contributed by atoms with E-state index in [1.165, 1.54) is 0 Å². The highest BCUT2D eigenvalue weighted by atomic mass is 32.3. The minimum atomic E-state index is -4.45. The van der Waals surface area contributed by atoms with Crippen molar-refractivity contribution in [2.75, 3.05) is 23.0 Å². The van der Waals surface area contributed by atoms with E-state index in [0.29, 0.717) is 0 Å². The molecule has 2 unspecified atom stereocenters. The first-order chi connectivity index (χ1) is 9.50. The van der Waals surface area contributed by atoms with Crippen LogP contribution in [0.25, 0.3) is 0 Å². The second-order valence-electron chi connectivity index (χ2n) is 4.19. The van der Waals surface area contributed by atoms with Crippen LogP contribution in [0.15, 0.2) is 0 Å². The Morgan fingerprint density at radius 3 is 1.48 bits per heavy atom. The summed E-state index contributed by atoms with van der Waals surface area (Å²) in [4.78, 5) is 0. The molecule has 11 heteroatoms. The summed E-state index contributed by atoms with van der Waals surface area (Å²) in [6, 6.07) is 0. The third-order valence-corrected chi connectivity index (χ3v) is 6.19. The van der Waals surface area contributed by atoms with E-state index in [2.05, 4.69) is 8.37 Å². The number of rotatable bonds is 6. The average molecular weight is 356 g/mol. The van der Waals surface area contributed by atoms with Crippen molar-refractivity contribution in [3.05, 3.63) is 0 Å². The minimum absolute atomic E-state index is 0.628. The van der Waals surface area contributed by atoms with Gasteiger partial charge in [-0.3, -0.25) is 0 Å². The summed E-state index contributed by atoms with van der Waals surface area (Å²) in [6.45, 7) is 0. The Kier molecular flexibility index (Phi) is 5.41. The maximum atomic E-state index is 11.6. The molecule has 0 saturated carbocycles. The zero-order chi connectivity index (χ0) is 16.3. The highest BCUT2D eigenvalue weighted by Crippen LogP contribution is 2.23. The van der Waals surface area contributed by atoms with Gasteiger partial charge in [-0.1, -0.05) is 11.8 Å². The average Bonchev–Trinajstić information content (AvgIpc) is 2.50. The van der Waals surface area contributed by atoms with E-state index in [0.717, 1.165) is 0 Å². The van der Waals surface area contributed by atoms with Crippen molar-refractivity contribution < 1.29 is 33.6 Å². The largest absolute Gasteiger partial charge is 0.400 e. The van der Waals surface area contributed by atoms with Gasteiger partial charge in [0.1, 0.15) is 23.7 Å². The van der Waals surface area contributed by atoms with E-state index in [-0.39, 0.29) is 0 Å². The summed E-state index contributed by atoms with van der Waals surface area (Å²) in [5, 5.41) is 0. The van der Waals surface area contributed by atoms with Crippen molar-refractivity contribution in [1.29, 1.82) is 0 Å². The molecule has 118 valence electrons. The van der Waals surface area contributed by atoms with E-state index < -0.39 is 65.3 Å². The molecule has 1 saturated heterocycles. The quantitative estimate of drug-likeness (QED) is 0.507. The van der Waals surface area contributed by atoms with E-state index in [1.807, 2.05) is 11.8 Å². The summed E-state index contributed by atoms with van der Waals surface area (Å²) < 4.78 is 77.7. The van der Waals surface area contributed by atoms with Crippen LogP contribution in [0.2, 0.25) is 0 Å². The maximum Gasteiger partial charge on any atom is 0.400 e. The molecule has 0 aromatic carbocycles. The smallest absolute Gasteiger partial charge is 0.241 e. The molecule has 1 rings (SSSR count). The van der Waals surface area contributed by atoms with Gasteiger partial charge < -0.3 is 0 Å².